The molecule has 1 saturated carbocycles. The van der Waals surface area contributed by atoms with E-state index in [4.69, 9.17) is 0 Å². The molecule has 0 radical (unpaired) electrons. The third-order valence-corrected chi connectivity index (χ3v) is 4.18. The first kappa shape index (κ1) is 17.2. The Labute approximate surface area is 148 Å². The number of imidazole rings is 1. The summed E-state index contributed by atoms with van der Waals surface area (Å²) < 4.78 is 1.96. The highest BCUT2D eigenvalue weighted by atomic mass is 16.3. The van der Waals surface area contributed by atoms with E-state index in [0.29, 0.717) is 11.5 Å². The third kappa shape index (κ3) is 4.49. The van der Waals surface area contributed by atoms with Gasteiger partial charge < -0.3 is 15.0 Å². The Bertz CT molecular complexity index is 815. The lowest BCUT2D eigenvalue weighted by atomic mass is 10.1. The van der Waals surface area contributed by atoms with Gasteiger partial charge in [0.05, 0.1) is 6.04 Å². The minimum atomic E-state index is -1.03. The van der Waals surface area contributed by atoms with Crippen LogP contribution in [0.1, 0.15) is 54.5 Å². The summed E-state index contributed by atoms with van der Waals surface area (Å²) in [6, 6.07) is 7.04. The van der Waals surface area contributed by atoms with Crippen LogP contribution in [0.3, 0.4) is 0 Å². The highest BCUT2D eigenvalue weighted by Gasteiger charge is 2.35. The molecule has 2 aromatic rings. The van der Waals surface area contributed by atoms with Crippen molar-refractivity contribution in [1.82, 2.24) is 14.9 Å². The van der Waals surface area contributed by atoms with Crippen LogP contribution >= 0.6 is 0 Å². The Kier molecular flexibility index (Phi) is 4.65. The van der Waals surface area contributed by atoms with Gasteiger partial charge in [-0.1, -0.05) is 11.8 Å². The molecule has 1 atom stereocenters. The molecule has 0 saturated heterocycles. The first-order chi connectivity index (χ1) is 11.8. The predicted octanol–water partition coefficient (Wildman–Crippen LogP) is 2.42. The molecule has 25 heavy (non-hydrogen) atoms. The van der Waals surface area contributed by atoms with E-state index in [2.05, 4.69) is 22.1 Å². The Morgan fingerprint density at radius 3 is 2.56 bits per heavy atom. The molecule has 0 aliphatic heterocycles. The normalized spacial score (nSPS) is 15.2. The van der Waals surface area contributed by atoms with Gasteiger partial charge in [-0.05, 0) is 56.9 Å². The van der Waals surface area contributed by atoms with Crippen molar-refractivity contribution in [3.63, 3.8) is 0 Å². The second-order valence-electron chi connectivity index (χ2n) is 7.07. The fraction of sp³-hybridized carbons (Fsp3) is 0.400. The van der Waals surface area contributed by atoms with E-state index >= 15 is 0 Å². The number of nitrogens with one attached hydrogen (secondary N) is 1. The Morgan fingerprint density at radius 1 is 1.36 bits per heavy atom. The number of hydrogen-bond donors (Lipinski definition) is 2. The Morgan fingerprint density at radius 2 is 2.04 bits per heavy atom. The van der Waals surface area contributed by atoms with Crippen molar-refractivity contribution in [3.05, 3.63) is 53.6 Å². The number of aliphatic hydroxyl groups is 1. The van der Waals surface area contributed by atoms with E-state index in [0.717, 1.165) is 24.2 Å². The second-order valence-corrected chi connectivity index (χ2v) is 7.07. The van der Waals surface area contributed by atoms with Gasteiger partial charge in [-0.3, -0.25) is 4.79 Å². The van der Waals surface area contributed by atoms with Crippen LogP contribution in [-0.2, 0) is 7.05 Å². The largest absolute Gasteiger partial charge is 0.378 e. The van der Waals surface area contributed by atoms with Crippen molar-refractivity contribution in [3.8, 4) is 11.8 Å². The minimum absolute atomic E-state index is 0.0536. The molecule has 0 spiro atoms. The van der Waals surface area contributed by atoms with E-state index in [1.54, 1.807) is 44.3 Å². The maximum absolute atomic E-state index is 12.6. The molecule has 1 aliphatic carbocycles. The number of hydrogen-bond acceptors (Lipinski definition) is 3. The maximum atomic E-state index is 12.6. The van der Waals surface area contributed by atoms with Gasteiger partial charge >= 0.3 is 0 Å². The third-order valence-electron chi connectivity index (χ3n) is 4.18. The summed E-state index contributed by atoms with van der Waals surface area (Å²) >= 11 is 0. The van der Waals surface area contributed by atoms with Gasteiger partial charge in [0.1, 0.15) is 11.4 Å². The van der Waals surface area contributed by atoms with E-state index in [1.807, 2.05) is 17.8 Å². The van der Waals surface area contributed by atoms with Crippen molar-refractivity contribution in [2.24, 2.45) is 13.0 Å². The molecule has 1 aliphatic rings. The molecule has 5 nitrogen and oxygen atoms in total. The molecule has 1 heterocycles. The lowest BCUT2D eigenvalue weighted by Gasteiger charge is -2.18. The lowest BCUT2D eigenvalue weighted by molar-refractivity contribution is 0.0929. The maximum Gasteiger partial charge on any atom is 0.251 e. The van der Waals surface area contributed by atoms with E-state index < -0.39 is 5.60 Å². The molecule has 0 bridgehead atoms. The van der Waals surface area contributed by atoms with Crippen LogP contribution in [0.5, 0.6) is 0 Å². The van der Waals surface area contributed by atoms with Gasteiger partial charge in [-0.25, -0.2) is 4.98 Å². The summed E-state index contributed by atoms with van der Waals surface area (Å²) in [6.07, 6.45) is 5.88. The fourth-order valence-corrected chi connectivity index (χ4v) is 2.65. The van der Waals surface area contributed by atoms with Crippen LogP contribution in [-0.4, -0.2) is 26.2 Å². The van der Waals surface area contributed by atoms with Crippen molar-refractivity contribution in [2.45, 2.75) is 38.3 Å². The Balaban J connectivity index is 1.72. The second kappa shape index (κ2) is 6.73. The average molecular weight is 337 g/mol. The van der Waals surface area contributed by atoms with Crippen molar-refractivity contribution in [1.29, 1.82) is 0 Å². The Hall–Kier alpha value is -2.58. The van der Waals surface area contributed by atoms with E-state index in [9.17, 15) is 9.90 Å². The van der Waals surface area contributed by atoms with Gasteiger partial charge in [-0.2, -0.15) is 0 Å². The molecule has 1 aromatic carbocycles. The van der Waals surface area contributed by atoms with Crippen LogP contribution in [0.2, 0.25) is 0 Å². The highest BCUT2D eigenvalue weighted by molar-refractivity contribution is 5.94. The van der Waals surface area contributed by atoms with Gasteiger partial charge in [0, 0.05) is 30.6 Å². The molecule has 1 aromatic heterocycles. The topological polar surface area (TPSA) is 67.2 Å². The van der Waals surface area contributed by atoms with Crippen LogP contribution in [0.25, 0.3) is 0 Å². The first-order valence-corrected chi connectivity index (χ1v) is 8.47. The first-order valence-electron chi connectivity index (χ1n) is 8.47. The van der Waals surface area contributed by atoms with Gasteiger partial charge in [-0.15, -0.1) is 0 Å². The number of carbonyl (C=O) groups is 1. The van der Waals surface area contributed by atoms with Crippen LogP contribution in [0.15, 0.2) is 36.7 Å². The summed E-state index contributed by atoms with van der Waals surface area (Å²) in [6.45, 7) is 3.27. The zero-order chi connectivity index (χ0) is 18.0. The zero-order valence-corrected chi connectivity index (χ0v) is 14.8. The molecule has 1 amide bonds. The molecule has 0 unspecified atom stereocenters. The number of aryl methyl sites for hydroxylation is 1. The summed E-state index contributed by atoms with van der Waals surface area (Å²) in [5.41, 5.74) is 0.325. The van der Waals surface area contributed by atoms with Crippen LogP contribution < -0.4 is 5.32 Å². The monoisotopic (exact) mass is 337 g/mol. The number of carbonyl (C=O) groups excluding carboxylic acids is 1. The number of nitrogens with zero attached hydrogens (tertiary/aromatic N) is 2. The molecule has 5 heteroatoms. The quantitative estimate of drug-likeness (QED) is 0.842. The van der Waals surface area contributed by atoms with Crippen molar-refractivity contribution >= 4 is 5.91 Å². The fourth-order valence-electron chi connectivity index (χ4n) is 2.65. The standard InChI is InChI=1S/C20H23N3O2/c1-20(2,25)11-10-14-4-6-16(7-5-14)19(24)22-17(15-8-9-15)18-21-12-13-23(18)3/h4-7,12-13,15,17,25H,8-9H2,1-3H3,(H,22,24)/t17-/m0/s1. The summed E-state index contributed by atoms with van der Waals surface area (Å²) in [5, 5.41) is 12.8. The molecule has 3 rings (SSSR count). The number of benzene rings is 1. The molecule has 1 fully saturated rings. The number of aromatic nitrogens is 2. The minimum Gasteiger partial charge on any atom is -0.378 e. The van der Waals surface area contributed by atoms with Crippen molar-refractivity contribution in [2.75, 3.05) is 0 Å². The zero-order valence-electron chi connectivity index (χ0n) is 14.8. The van der Waals surface area contributed by atoms with Gasteiger partial charge in [0.2, 0.25) is 0 Å². The molecular weight excluding hydrogens is 314 g/mol. The number of rotatable bonds is 4. The van der Waals surface area contributed by atoms with Crippen molar-refractivity contribution < 1.29 is 9.90 Å². The van der Waals surface area contributed by atoms with Gasteiger partial charge in [0.25, 0.3) is 5.91 Å². The molecule has 130 valence electrons. The smallest absolute Gasteiger partial charge is 0.251 e. The summed E-state index contributed by atoms with van der Waals surface area (Å²) in [7, 11) is 1.94. The van der Waals surface area contributed by atoms with E-state index in [-0.39, 0.29) is 11.9 Å². The predicted molar refractivity (Wildman–Crippen MR) is 95.8 cm³/mol. The van der Waals surface area contributed by atoms with Crippen LogP contribution in [0.4, 0.5) is 0 Å². The molecule has 2 N–H and O–H groups in total. The average Bonchev–Trinajstić information content (AvgIpc) is 3.32. The highest BCUT2D eigenvalue weighted by Crippen LogP contribution is 2.40. The SMILES string of the molecule is Cn1ccnc1[C@@H](NC(=O)c1ccc(C#CC(C)(C)O)cc1)C1CC1. The summed E-state index contributed by atoms with van der Waals surface area (Å²) in [5.74, 6) is 6.91. The van der Waals surface area contributed by atoms with Crippen LogP contribution in [0, 0.1) is 17.8 Å². The van der Waals surface area contributed by atoms with Gasteiger partial charge in [0.15, 0.2) is 0 Å². The number of amides is 1. The lowest BCUT2D eigenvalue weighted by Crippen LogP contribution is -2.31. The van der Waals surface area contributed by atoms with E-state index in [1.165, 1.54) is 0 Å². The molecular formula is C20H23N3O2. The summed E-state index contributed by atoms with van der Waals surface area (Å²) in [4.78, 5) is 17.0.